The number of amides is 2. The van der Waals surface area contributed by atoms with Crippen LogP contribution in [0.25, 0.3) is 0 Å². The van der Waals surface area contributed by atoms with Crippen molar-refractivity contribution in [3.63, 3.8) is 0 Å². The lowest BCUT2D eigenvalue weighted by molar-refractivity contribution is -0.132. The first-order valence-corrected chi connectivity index (χ1v) is 9.85. The number of ether oxygens (including phenoxy) is 1. The van der Waals surface area contributed by atoms with Crippen LogP contribution in [0.2, 0.25) is 0 Å². The van der Waals surface area contributed by atoms with E-state index in [0.717, 1.165) is 11.3 Å². The van der Waals surface area contributed by atoms with Gasteiger partial charge in [-0.1, -0.05) is 12.1 Å². The van der Waals surface area contributed by atoms with Crippen LogP contribution in [0.4, 0.5) is 0 Å². The first-order chi connectivity index (χ1) is 14.0. The van der Waals surface area contributed by atoms with Gasteiger partial charge in [0.1, 0.15) is 5.75 Å². The Morgan fingerprint density at radius 2 is 1.76 bits per heavy atom. The average molecular weight is 397 g/mol. The van der Waals surface area contributed by atoms with Gasteiger partial charge in [0, 0.05) is 45.8 Å². The Labute approximate surface area is 170 Å². The molecule has 1 aromatic heterocycles. The smallest absolute Gasteiger partial charge is 0.296 e. The normalized spacial score (nSPS) is 14.4. The van der Waals surface area contributed by atoms with Gasteiger partial charge in [-0.05, 0) is 42.7 Å². The van der Waals surface area contributed by atoms with Gasteiger partial charge < -0.3 is 19.1 Å². The predicted octanol–water partition coefficient (Wildman–Crippen LogP) is 1.91. The third-order valence-electron chi connectivity index (χ3n) is 5.27. The van der Waals surface area contributed by atoms with Gasteiger partial charge in [0.2, 0.25) is 5.91 Å². The lowest BCUT2D eigenvalue weighted by atomic mass is 10.1. The first-order valence-electron chi connectivity index (χ1n) is 9.85. The highest BCUT2D eigenvalue weighted by molar-refractivity contribution is 6.42. The number of nitrogens with zero attached hydrogens (tertiary/aromatic N) is 3. The largest absolute Gasteiger partial charge is 0.497 e. The summed E-state index contributed by atoms with van der Waals surface area (Å²) in [5.74, 6) is -0.162. The molecule has 0 radical (unpaired) electrons. The van der Waals surface area contributed by atoms with Crippen molar-refractivity contribution in [2.45, 2.75) is 19.3 Å². The quantitative estimate of drug-likeness (QED) is 0.551. The van der Waals surface area contributed by atoms with Crippen LogP contribution in [0.3, 0.4) is 0 Å². The van der Waals surface area contributed by atoms with Crippen LogP contribution in [-0.2, 0) is 23.1 Å². The van der Waals surface area contributed by atoms with Crippen LogP contribution in [0.5, 0.6) is 5.75 Å². The number of carbonyl (C=O) groups excluding carboxylic acids is 3. The highest BCUT2D eigenvalue weighted by Crippen LogP contribution is 2.15. The molecule has 154 valence electrons. The van der Waals surface area contributed by atoms with E-state index in [1.807, 2.05) is 24.3 Å². The Kier molecular flexibility index (Phi) is 6.69. The summed E-state index contributed by atoms with van der Waals surface area (Å²) in [6, 6.07) is 11.1. The van der Waals surface area contributed by atoms with Crippen LogP contribution >= 0.6 is 0 Å². The third kappa shape index (κ3) is 5.04. The number of methoxy groups -OCH3 is 1. The molecule has 0 spiro atoms. The Bertz CT molecular complexity index is 890. The molecule has 2 heterocycles. The minimum atomic E-state index is -0.504. The zero-order valence-electron chi connectivity index (χ0n) is 17.0. The molecule has 0 aliphatic carbocycles. The Balaban J connectivity index is 1.53. The number of ketones is 1. The van der Waals surface area contributed by atoms with Crippen molar-refractivity contribution in [3.8, 4) is 5.75 Å². The summed E-state index contributed by atoms with van der Waals surface area (Å²) in [6.45, 7) is 1.90. The number of carbonyl (C=O) groups is 3. The van der Waals surface area contributed by atoms with Crippen LogP contribution in [-0.4, -0.2) is 65.3 Å². The third-order valence-corrected chi connectivity index (χ3v) is 5.27. The second-order valence-corrected chi connectivity index (χ2v) is 7.21. The zero-order chi connectivity index (χ0) is 20.8. The van der Waals surface area contributed by atoms with Crippen molar-refractivity contribution in [1.29, 1.82) is 0 Å². The van der Waals surface area contributed by atoms with Gasteiger partial charge in [0.05, 0.1) is 12.8 Å². The fourth-order valence-electron chi connectivity index (χ4n) is 3.56. The van der Waals surface area contributed by atoms with Crippen LogP contribution in [0.1, 0.15) is 28.9 Å². The maximum absolute atomic E-state index is 12.6. The van der Waals surface area contributed by atoms with Crippen molar-refractivity contribution >= 4 is 17.6 Å². The number of benzene rings is 1. The molecule has 0 unspecified atom stereocenters. The maximum Gasteiger partial charge on any atom is 0.296 e. The molecule has 1 fully saturated rings. The molecule has 1 aliphatic heterocycles. The standard InChI is InChI=1S/C22H27N3O4/c1-23-11-4-8-19(23)21(27)22(28)25-13-5-12-24(14-15-25)20(26)10-9-17-6-3-7-18(16-17)29-2/h3-4,6-8,11,16H,5,9-10,12-15H2,1-2H3. The van der Waals surface area contributed by atoms with E-state index in [2.05, 4.69) is 0 Å². The lowest BCUT2D eigenvalue weighted by Gasteiger charge is -2.22. The molecular weight excluding hydrogens is 370 g/mol. The maximum atomic E-state index is 12.6. The Hall–Kier alpha value is -3.09. The van der Waals surface area contributed by atoms with Gasteiger partial charge in [-0.25, -0.2) is 0 Å². The molecular formula is C22H27N3O4. The molecule has 1 saturated heterocycles. The second kappa shape index (κ2) is 9.41. The van der Waals surface area contributed by atoms with Crippen molar-refractivity contribution in [2.75, 3.05) is 33.3 Å². The number of hydrogen-bond donors (Lipinski definition) is 0. The number of rotatable bonds is 6. The van der Waals surface area contributed by atoms with Crippen LogP contribution in [0, 0.1) is 0 Å². The van der Waals surface area contributed by atoms with Crippen molar-refractivity contribution in [2.24, 2.45) is 7.05 Å². The molecule has 0 N–H and O–H groups in total. The minimum absolute atomic E-state index is 0.0656. The highest BCUT2D eigenvalue weighted by Gasteiger charge is 2.27. The van der Waals surface area contributed by atoms with Gasteiger partial charge in [-0.3, -0.25) is 14.4 Å². The van der Waals surface area contributed by atoms with Gasteiger partial charge in [0.15, 0.2) is 0 Å². The monoisotopic (exact) mass is 397 g/mol. The fraction of sp³-hybridized carbons (Fsp3) is 0.409. The van der Waals surface area contributed by atoms with Gasteiger partial charge in [0.25, 0.3) is 11.7 Å². The topological polar surface area (TPSA) is 71.8 Å². The predicted molar refractivity (Wildman–Crippen MR) is 109 cm³/mol. The molecule has 2 amide bonds. The molecule has 0 saturated carbocycles. The summed E-state index contributed by atoms with van der Waals surface area (Å²) in [7, 11) is 3.36. The van der Waals surface area contributed by atoms with E-state index in [1.54, 1.807) is 46.9 Å². The Morgan fingerprint density at radius 3 is 2.48 bits per heavy atom. The van der Waals surface area contributed by atoms with E-state index in [9.17, 15) is 14.4 Å². The number of aryl methyl sites for hydroxylation is 2. The molecule has 3 rings (SSSR count). The summed E-state index contributed by atoms with van der Waals surface area (Å²) in [5, 5.41) is 0. The van der Waals surface area contributed by atoms with E-state index in [-0.39, 0.29) is 5.91 Å². The summed E-state index contributed by atoms with van der Waals surface area (Å²) in [4.78, 5) is 41.1. The number of Topliss-reactive ketones (excluding diaryl/α,β-unsaturated/α-hetero) is 1. The molecule has 0 atom stereocenters. The zero-order valence-corrected chi connectivity index (χ0v) is 17.0. The van der Waals surface area contributed by atoms with Gasteiger partial charge >= 0.3 is 0 Å². The fourth-order valence-corrected chi connectivity index (χ4v) is 3.56. The van der Waals surface area contributed by atoms with E-state index in [1.165, 1.54) is 0 Å². The van der Waals surface area contributed by atoms with E-state index >= 15 is 0 Å². The van der Waals surface area contributed by atoms with Crippen LogP contribution in [0.15, 0.2) is 42.6 Å². The van der Waals surface area contributed by atoms with E-state index < -0.39 is 11.7 Å². The summed E-state index contributed by atoms with van der Waals surface area (Å²) in [5.41, 5.74) is 1.43. The summed E-state index contributed by atoms with van der Waals surface area (Å²) < 4.78 is 6.87. The van der Waals surface area contributed by atoms with Crippen molar-refractivity contribution < 1.29 is 19.1 Å². The molecule has 1 aliphatic rings. The number of aromatic nitrogens is 1. The van der Waals surface area contributed by atoms with E-state index in [0.29, 0.717) is 51.1 Å². The van der Waals surface area contributed by atoms with Gasteiger partial charge in [-0.15, -0.1) is 0 Å². The van der Waals surface area contributed by atoms with E-state index in [4.69, 9.17) is 4.74 Å². The highest BCUT2D eigenvalue weighted by atomic mass is 16.5. The SMILES string of the molecule is COc1cccc(CCC(=O)N2CCCN(C(=O)C(=O)c3cccn3C)CC2)c1. The second-order valence-electron chi connectivity index (χ2n) is 7.21. The number of hydrogen-bond acceptors (Lipinski definition) is 4. The molecule has 7 nitrogen and oxygen atoms in total. The molecule has 29 heavy (non-hydrogen) atoms. The summed E-state index contributed by atoms with van der Waals surface area (Å²) in [6.07, 6.45) is 3.45. The molecule has 1 aromatic carbocycles. The van der Waals surface area contributed by atoms with Gasteiger partial charge in [-0.2, -0.15) is 0 Å². The summed E-state index contributed by atoms with van der Waals surface area (Å²) >= 11 is 0. The van der Waals surface area contributed by atoms with Crippen LogP contribution < -0.4 is 4.74 Å². The molecule has 7 heteroatoms. The Morgan fingerprint density at radius 1 is 1.00 bits per heavy atom. The average Bonchev–Trinajstić information content (AvgIpc) is 3.01. The van der Waals surface area contributed by atoms with Crippen molar-refractivity contribution in [1.82, 2.24) is 14.4 Å². The first kappa shape index (κ1) is 20.6. The molecule has 2 aromatic rings. The van der Waals surface area contributed by atoms with Crippen molar-refractivity contribution in [3.05, 3.63) is 53.9 Å². The minimum Gasteiger partial charge on any atom is -0.497 e. The molecule has 0 bridgehead atoms. The lowest BCUT2D eigenvalue weighted by Crippen LogP contribution is -2.40.